The molecule has 6 nitrogen and oxygen atoms in total. The second-order valence-electron chi connectivity index (χ2n) is 6.50. The van der Waals surface area contributed by atoms with Crippen LogP contribution in [-0.2, 0) is 17.8 Å². The number of hydrogen-bond acceptors (Lipinski definition) is 4. The van der Waals surface area contributed by atoms with E-state index in [2.05, 4.69) is 5.32 Å². The summed E-state index contributed by atoms with van der Waals surface area (Å²) in [7, 11) is 0. The van der Waals surface area contributed by atoms with Gasteiger partial charge >= 0.3 is 5.97 Å². The molecule has 0 atom stereocenters. The number of phenols is 1. The molecule has 0 saturated heterocycles. The van der Waals surface area contributed by atoms with Gasteiger partial charge in [0.25, 0.3) is 5.91 Å². The van der Waals surface area contributed by atoms with E-state index < -0.39 is 17.7 Å². The van der Waals surface area contributed by atoms with Crippen molar-refractivity contribution < 1.29 is 24.2 Å². The van der Waals surface area contributed by atoms with Crippen LogP contribution >= 0.6 is 0 Å². The molecule has 3 aromatic rings. The number of carbonyl (C=O) groups is 2. The first-order valence-corrected chi connectivity index (χ1v) is 8.80. The molecule has 0 unspecified atom stereocenters. The van der Waals surface area contributed by atoms with E-state index in [0.29, 0.717) is 27.9 Å². The lowest BCUT2D eigenvalue weighted by atomic mass is 10.00. The van der Waals surface area contributed by atoms with Crippen LogP contribution in [0.3, 0.4) is 0 Å². The maximum atomic E-state index is 13.9. The minimum absolute atomic E-state index is 0.142. The van der Waals surface area contributed by atoms with Gasteiger partial charge in [0.05, 0.1) is 6.42 Å². The standard InChI is InChI=1S/C22H19FN2O4/c23-18-6-13(12-24)5-15(8-18)16-7-17(10-19(26)9-16)22(29)25-20-4-2-1-3-14(20)11-21(27)28/h1-10,26H,11-12,24H2,(H,25,29)(H,27,28). The van der Waals surface area contributed by atoms with Crippen molar-refractivity contribution in [3.63, 3.8) is 0 Å². The van der Waals surface area contributed by atoms with Gasteiger partial charge in [-0.25, -0.2) is 4.39 Å². The van der Waals surface area contributed by atoms with Crippen molar-refractivity contribution in [1.29, 1.82) is 0 Å². The summed E-state index contributed by atoms with van der Waals surface area (Å²) in [6.07, 6.45) is -0.243. The molecule has 0 saturated carbocycles. The normalized spacial score (nSPS) is 10.6. The topological polar surface area (TPSA) is 113 Å². The van der Waals surface area contributed by atoms with E-state index in [9.17, 15) is 19.1 Å². The molecular weight excluding hydrogens is 375 g/mol. The Kier molecular flexibility index (Phi) is 5.90. The zero-order valence-corrected chi connectivity index (χ0v) is 15.4. The van der Waals surface area contributed by atoms with Crippen molar-refractivity contribution in [2.45, 2.75) is 13.0 Å². The Labute approximate surface area is 166 Å². The van der Waals surface area contributed by atoms with Crippen molar-refractivity contribution in [2.75, 3.05) is 5.32 Å². The lowest BCUT2D eigenvalue weighted by molar-refractivity contribution is -0.136. The first kappa shape index (κ1) is 20.0. The number of halogens is 1. The monoisotopic (exact) mass is 394 g/mol. The number of anilines is 1. The molecule has 1 amide bonds. The molecule has 5 N–H and O–H groups in total. The number of nitrogens with one attached hydrogen (secondary N) is 1. The van der Waals surface area contributed by atoms with Gasteiger partial charge in [-0.05, 0) is 64.7 Å². The van der Waals surface area contributed by atoms with Gasteiger partial charge in [-0.1, -0.05) is 18.2 Å². The molecule has 148 valence electrons. The van der Waals surface area contributed by atoms with E-state index in [0.717, 1.165) is 0 Å². The minimum Gasteiger partial charge on any atom is -0.508 e. The molecule has 0 fully saturated rings. The smallest absolute Gasteiger partial charge is 0.307 e. The number of hydrogen-bond donors (Lipinski definition) is 4. The highest BCUT2D eigenvalue weighted by atomic mass is 19.1. The molecule has 0 spiro atoms. The Bertz CT molecular complexity index is 1080. The van der Waals surface area contributed by atoms with Crippen LogP contribution in [0.2, 0.25) is 0 Å². The number of carbonyl (C=O) groups excluding carboxylic acids is 1. The molecule has 0 aliphatic heterocycles. The quantitative estimate of drug-likeness (QED) is 0.511. The number of rotatable bonds is 6. The van der Waals surface area contributed by atoms with Gasteiger partial charge in [-0.2, -0.15) is 0 Å². The van der Waals surface area contributed by atoms with Gasteiger partial charge in [-0.15, -0.1) is 0 Å². The molecule has 0 aliphatic rings. The van der Waals surface area contributed by atoms with E-state index in [1.165, 1.54) is 30.3 Å². The van der Waals surface area contributed by atoms with Crippen LogP contribution in [0, 0.1) is 5.82 Å². The van der Waals surface area contributed by atoms with Crippen molar-refractivity contribution in [3.8, 4) is 16.9 Å². The third-order valence-corrected chi connectivity index (χ3v) is 4.31. The summed E-state index contributed by atoms with van der Waals surface area (Å²) < 4.78 is 13.9. The average molecular weight is 394 g/mol. The Balaban J connectivity index is 1.94. The zero-order valence-electron chi connectivity index (χ0n) is 15.4. The predicted octanol–water partition coefficient (Wildman–Crippen LogP) is 3.54. The third-order valence-electron chi connectivity index (χ3n) is 4.31. The largest absolute Gasteiger partial charge is 0.508 e. The molecule has 0 radical (unpaired) electrons. The average Bonchev–Trinajstić information content (AvgIpc) is 2.68. The summed E-state index contributed by atoms with van der Waals surface area (Å²) in [5.41, 5.74) is 8.04. The summed E-state index contributed by atoms with van der Waals surface area (Å²) in [5.74, 6) is -2.19. The number of carboxylic acid groups (broad SMARTS) is 1. The van der Waals surface area contributed by atoms with E-state index in [4.69, 9.17) is 10.8 Å². The zero-order chi connectivity index (χ0) is 21.0. The molecule has 7 heteroatoms. The molecule has 0 aliphatic carbocycles. The summed E-state index contributed by atoms with van der Waals surface area (Å²) >= 11 is 0. The molecule has 0 bridgehead atoms. The number of aromatic hydroxyl groups is 1. The molecule has 3 aromatic carbocycles. The summed E-state index contributed by atoms with van der Waals surface area (Å²) in [6.45, 7) is 0.150. The van der Waals surface area contributed by atoms with Gasteiger partial charge in [0.1, 0.15) is 11.6 Å². The van der Waals surface area contributed by atoms with Crippen LogP contribution in [0.25, 0.3) is 11.1 Å². The lowest BCUT2D eigenvalue weighted by Gasteiger charge is -2.12. The lowest BCUT2D eigenvalue weighted by Crippen LogP contribution is -2.14. The highest BCUT2D eigenvalue weighted by Gasteiger charge is 2.14. The van der Waals surface area contributed by atoms with Crippen LogP contribution in [0.15, 0.2) is 60.7 Å². The van der Waals surface area contributed by atoms with E-state index in [1.807, 2.05) is 0 Å². The van der Waals surface area contributed by atoms with Crippen molar-refractivity contribution in [1.82, 2.24) is 0 Å². The third kappa shape index (κ3) is 4.97. The highest BCUT2D eigenvalue weighted by Crippen LogP contribution is 2.28. The Hall–Kier alpha value is -3.71. The van der Waals surface area contributed by atoms with Crippen molar-refractivity contribution >= 4 is 17.6 Å². The van der Waals surface area contributed by atoms with E-state index in [1.54, 1.807) is 30.3 Å². The molecule has 29 heavy (non-hydrogen) atoms. The van der Waals surface area contributed by atoms with Gasteiger partial charge in [0.15, 0.2) is 0 Å². The second kappa shape index (κ2) is 8.53. The number of nitrogens with two attached hydrogens (primary N) is 1. The van der Waals surface area contributed by atoms with Gasteiger partial charge in [0.2, 0.25) is 0 Å². The summed E-state index contributed by atoms with van der Waals surface area (Å²) in [4.78, 5) is 23.7. The summed E-state index contributed by atoms with van der Waals surface area (Å²) in [5, 5.41) is 21.7. The van der Waals surface area contributed by atoms with Crippen molar-refractivity contribution in [2.24, 2.45) is 5.73 Å². The Morgan fingerprint density at radius 1 is 1.00 bits per heavy atom. The molecular formula is C22H19FN2O4. The Morgan fingerprint density at radius 2 is 1.72 bits per heavy atom. The SMILES string of the molecule is NCc1cc(F)cc(-c2cc(O)cc(C(=O)Nc3ccccc3CC(=O)O)c2)c1. The first-order valence-electron chi connectivity index (χ1n) is 8.80. The number of aliphatic carboxylic acids is 1. The number of benzene rings is 3. The maximum Gasteiger partial charge on any atom is 0.307 e. The minimum atomic E-state index is -1.02. The number of phenolic OH excluding ortho intramolecular Hbond substituents is 1. The number of para-hydroxylation sites is 1. The van der Waals surface area contributed by atoms with E-state index >= 15 is 0 Å². The molecule has 0 aromatic heterocycles. The van der Waals surface area contributed by atoms with E-state index in [-0.39, 0.29) is 24.3 Å². The fraction of sp³-hybridized carbons (Fsp3) is 0.0909. The van der Waals surface area contributed by atoms with Crippen LogP contribution in [-0.4, -0.2) is 22.1 Å². The fourth-order valence-corrected chi connectivity index (χ4v) is 3.00. The second-order valence-corrected chi connectivity index (χ2v) is 6.50. The maximum absolute atomic E-state index is 13.9. The van der Waals surface area contributed by atoms with Gasteiger partial charge in [-0.3, -0.25) is 9.59 Å². The fourth-order valence-electron chi connectivity index (χ4n) is 3.00. The Morgan fingerprint density at radius 3 is 2.45 bits per heavy atom. The number of amides is 1. The first-order chi connectivity index (χ1) is 13.9. The predicted molar refractivity (Wildman–Crippen MR) is 107 cm³/mol. The summed E-state index contributed by atoms with van der Waals surface area (Å²) in [6, 6.07) is 15.1. The highest BCUT2D eigenvalue weighted by molar-refractivity contribution is 6.05. The van der Waals surface area contributed by atoms with Crippen LogP contribution in [0.4, 0.5) is 10.1 Å². The molecule has 3 rings (SSSR count). The van der Waals surface area contributed by atoms with Crippen LogP contribution < -0.4 is 11.1 Å². The van der Waals surface area contributed by atoms with Crippen LogP contribution in [0.1, 0.15) is 21.5 Å². The molecule has 0 heterocycles. The van der Waals surface area contributed by atoms with Gasteiger partial charge in [0, 0.05) is 17.8 Å². The number of carboxylic acids is 1. The van der Waals surface area contributed by atoms with Crippen LogP contribution in [0.5, 0.6) is 5.75 Å². The van der Waals surface area contributed by atoms with Gasteiger partial charge < -0.3 is 21.3 Å². The van der Waals surface area contributed by atoms with Crippen molar-refractivity contribution in [3.05, 3.63) is 83.2 Å².